The molecule has 0 bridgehead atoms. The largest absolute Gasteiger partial charge is 0.381 e. The Hall–Kier alpha value is -0.0800. The molecule has 0 aromatic rings. The van der Waals surface area contributed by atoms with Crippen LogP contribution < -0.4 is 5.73 Å². The van der Waals surface area contributed by atoms with Gasteiger partial charge in [-0.25, -0.2) is 0 Å². The Labute approximate surface area is 56.4 Å². The van der Waals surface area contributed by atoms with Crippen LogP contribution in [0.15, 0.2) is 0 Å². The molecule has 1 fully saturated rings. The topological polar surface area (TPSA) is 35.2 Å². The molecule has 1 aliphatic rings. The Bertz CT molecular complexity index is 78.2. The van der Waals surface area contributed by atoms with Gasteiger partial charge in [0.15, 0.2) is 0 Å². The van der Waals surface area contributed by atoms with Gasteiger partial charge in [-0.15, -0.1) is 0 Å². The zero-order chi connectivity index (χ0) is 6.69. The van der Waals surface area contributed by atoms with E-state index >= 15 is 0 Å². The first-order valence-electron chi connectivity index (χ1n) is 3.66. The molecule has 0 aromatic heterocycles. The van der Waals surface area contributed by atoms with E-state index in [-0.39, 0.29) is 0 Å². The second-order valence-corrected chi connectivity index (χ2v) is 2.81. The van der Waals surface area contributed by atoms with E-state index < -0.39 is 0 Å². The van der Waals surface area contributed by atoms with Crippen LogP contribution in [0.1, 0.15) is 19.8 Å². The fourth-order valence-corrected chi connectivity index (χ4v) is 1.02. The zero-order valence-corrected chi connectivity index (χ0v) is 5.97. The summed E-state index contributed by atoms with van der Waals surface area (Å²) >= 11 is 0. The fourth-order valence-electron chi connectivity index (χ4n) is 1.02. The van der Waals surface area contributed by atoms with Crippen molar-refractivity contribution >= 4 is 0 Å². The van der Waals surface area contributed by atoms with Crippen molar-refractivity contribution < 1.29 is 4.74 Å². The van der Waals surface area contributed by atoms with Crippen LogP contribution in [0.25, 0.3) is 0 Å². The minimum atomic E-state index is 0.402. The second-order valence-electron chi connectivity index (χ2n) is 2.81. The minimum Gasteiger partial charge on any atom is -0.381 e. The lowest BCUT2D eigenvalue weighted by Crippen LogP contribution is -2.33. The summed E-state index contributed by atoms with van der Waals surface area (Å²) in [5.74, 6) is 0.764. The summed E-state index contributed by atoms with van der Waals surface area (Å²) in [7, 11) is 0. The van der Waals surface area contributed by atoms with E-state index in [4.69, 9.17) is 10.5 Å². The van der Waals surface area contributed by atoms with Crippen LogP contribution in [0.4, 0.5) is 0 Å². The van der Waals surface area contributed by atoms with Gasteiger partial charge in [0.2, 0.25) is 0 Å². The smallest absolute Gasteiger partial charge is 0.0517 e. The normalized spacial score (nSPS) is 23.3. The molecule has 54 valence electrons. The Kier molecular flexibility index (Phi) is 2.49. The van der Waals surface area contributed by atoms with Gasteiger partial charge in [0.1, 0.15) is 0 Å². The van der Waals surface area contributed by atoms with Gasteiger partial charge >= 0.3 is 0 Å². The molecule has 2 N–H and O–H groups in total. The Morgan fingerprint density at radius 2 is 2.33 bits per heavy atom. The maximum atomic E-state index is 5.73. The molecular weight excluding hydrogens is 114 g/mol. The van der Waals surface area contributed by atoms with E-state index in [9.17, 15) is 0 Å². The van der Waals surface area contributed by atoms with Crippen molar-refractivity contribution in [3.8, 4) is 0 Å². The lowest BCUT2D eigenvalue weighted by atomic mass is 9.98. The van der Waals surface area contributed by atoms with E-state index in [2.05, 4.69) is 6.92 Å². The van der Waals surface area contributed by atoms with Crippen molar-refractivity contribution in [3.63, 3.8) is 0 Å². The molecule has 0 spiro atoms. The maximum absolute atomic E-state index is 5.73. The molecule has 0 unspecified atom stereocenters. The number of rotatable bonds is 3. The van der Waals surface area contributed by atoms with Crippen LogP contribution in [0.5, 0.6) is 0 Å². The molecule has 0 aliphatic carbocycles. The maximum Gasteiger partial charge on any atom is 0.0517 e. The van der Waals surface area contributed by atoms with Gasteiger partial charge in [0.05, 0.1) is 13.2 Å². The first-order valence-corrected chi connectivity index (χ1v) is 3.66. The third-order valence-electron chi connectivity index (χ3n) is 1.87. The molecule has 1 atom stereocenters. The van der Waals surface area contributed by atoms with E-state index in [1.54, 1.807) is 0 Å². The third kappa shape index (κ3) is 1.95. The molecule has 0 amide bonds. The standard InChI is InChI=1S/C7H15NO/c1-2-7(8)3-6-4-9-5-6/h6-7H,2-5,8H2,1H3/t7-/m1/s1. The van der Waals surface area contributed by atoms with Crippen LogP contribution in [0.3, 0.4) is 0 Å². The predicted octanol–water partition coefficient (Wildman–Crippen LogP) is 0.760. The highest BCUT2D eigenvalue weighted by atomic mass is 16.5. The summed E-state index contributed by atoms with van der Waals surface area (Å²) < 4.78 is 5.02. The predicted molar refractivity (Wildman–Crippen MR) is 37.2 cm³/mol. The van der Waals surface area contributed by atoms with Crippen molar-refractivity contribution in [3.05, 3.63) is 0 Å². The summed E-state index contributed by atoms with van der Waals surface area (Å²) in [6.07, 6.45) is 2.24. The average molecular weight is 129 g/mol. The summed E-state index contributed by atoms with van der Waals surface area (Å²) in [4.78, 5) is 0. The second kappa shape index (κ2) is 3.18. The monoisotopic (exact) mass is 129 g/mol. The quantitative estimate of drug-likeness (QED) is 0.610. The van der Waals surface area contributed by atoms with E-state index in [1.165, 1.54) is 0 Å². The Morgan fingerprint density at radius 1 is 1.67 bits per heavy atom. The average Bonchev–Trinajstić information content (AvgIpc) is 1.78. The highest BCUT2D eigenvalue weighted by Gasteiger charge is 2.19. The lowest BCUT2D eigenvalue weighted by Gasteiger charge is -2.27. The van der Waals surface area contributed by atoms with E-state index in [0.29, 0.717) is 6.04 Å². The molecule has 1 heterocycles. The van der Waals surface area contributed by atoms with Crippen LogP contribution in [0, 0.1) is 5.92 Å². The van der Waals surface area contributed by atoms with Gasteiger partial charge < -0.3 is 10.5 Å². The van der Waals surface area contributed by atoms with Crippen LogP contribution in [-0.2, 0) is 4.74 Å². The lowest BCUT2D eigenvalue weighted by molar-refractivity contribution is -0.0382. The van der Waals surface area contributed by atoms with Crippen molar-refractivity contribution in [1.82, 2.24) is 0 Å². The minimum absolute atomic E-state index is 0.402. The van der Waals surface area contributed by atoms with E-state index in [0.717, 1.165) is 32.0 Å². The molecule has 0 aromatic carbocycles. The van der Waals surface area contributed by atoms with Gasteiger partial charge in [-0.05, 0) is 12.8 Å². The molecule has 1 aliphatic heterocycles. The molecule has 9 heavy (non-hydrogen) atoms. The SMILES string of the molecule is CC[C@@H](N)CC1COC1. The summed E-state index contributed by atoms with van der Waals surface area (Å²) in [5, 5.41) is 0. The van der Waals surface area contributed by atoms with E-state index in [1.807, 2.05) is 0 Å². The summed E-state index contributed by atoms with van der Waals surface area (Å²) in [6, 6.07) is 0.402. The molecule has 1 rings (SSSR count). The molecule has 0 radical (unpaired) electrons. The molecule has 1 saturated heterocycles. The number of nitrogens with two attached hydrogens (primary N) is 1. The number of hydrogen-bond acceptors (Lipinski definition) is 2. The van der Waals surface area contributed by atoms with Gasteiger partial charge in [0, 0.05) is 12.0 Å². The number of hydrogen-bond donors (Lipinski definition) is 1. The van der Waals surface area contributed by atoms with Crippen LogP contribution in [-0.4, -0.2) is 19.3 Å². The molecule has 2 heteroatoms. The van der Waals surface area contributed by atoms with Crippen molar-refractivity contribution in [1.29, 1.82) is 0 Å². The molecular formula is C7H15NO. The summed E-state index contributed by atoms with van der Waals surface area (Å²) in [5.41, 5.74) is 5.73. The van der Waals surface area contributed by atoms with Gasteiger partial charge in [0.25, 0.3) is 0 Å². The van der Waals surface area contributed by atoms with Crippen molar-refractivity contribution in [2.24, 2.45) is 11.7 Å². The first kappa shape index (κ1) is 7.03. The van der Waals surface area contributed by atoms with Crippen molar-refractivity contribution in [2.45, 2.75) is 25.8 Å². The van der Waals surface area contributed by atoms with Gasteiger partial charge in [-0.1, -0.05) is 6.92 Å². The number of ether oxygens (including phenoxy) is 1. The van der Waals surface area contributed by atoms with Crippen LogP contribution >= 0.6 is 0 Å². The zero-order valence-electron chi connectivity index (χ0n) is 5.97. The molecule has 0 saturated carbocycles. The highest BCUT2D eigenvalue weighted by Crippen LogP contribution is 2.16. The Morgan fingerprint density at radius 3 is 2.67 bits per heavy atom. The van der Waals surface area contributed by atoms with Crippen LogP contribution in [0.2, 0.25) is 0 Å². The first-order chi connectivity index (χ1) is 4.33. The Balaban J connectivity index is 2.01. The highest BCUT2D eigenvalue weighted by molar-refractivity contribution is 4.71. The summed E-state index contributed by atoms with van der Waals surface area (Å²) in [6.45, 7) is 4.01. The van der Waals surface area contributed by atoms with Gasteiger partial charge in [-0.3, -0.25) is 0 Å². The fraction of sp³-hybridized carbons (Fsp3) is 1.00. The molecule has 2 nitrogen and oxygen atoms in total. The van der Waals surface area contributed by atoms with Crippen molar-refractivity contribution in [2.75, 3.05) is 13.2 Å². The van der Waals surface area contributed by atoms with Gasteiger partial charge in [-0.2, -0.15) is 0 Å². The third-order valence-corrected chi connectivity index (χ3v) is 1.87.